The van der Waals surface area contributed by atoms with E-state index in [1.807, 2.05) is 29.8 Å². The molecule has 0 saturated carbocycles. The Hall–Kier alpha value is -1.66. The van der Waals surface area contributed by atoms with E-state index in [0.717, 1.165) is 15.4 Å². The molecular formula is C15H14BrN3OS. The minimum absolute atomic E-state index is 0.128. The Bertz CT molecular complexity index is 793. The lowest BCUT2D eigenvalue weighted by Crippen LogP contribution is -2.11. The Morgan fingerprint density at radius 1 is 1.43 bits per heavy atom. The number of anilines is 1. The molecule has 2 heterocycles. The van der Waals surface area contributed by atoms with Crippen LogP contribution in [0.25, 0.3) is 10.9 Å². The van der Waals surface area contributed by atoms with Gasteiger partial charge in [-0.3, -0.25) is 10.1 Å². The highest BCUT2D eigenvalue weighted by Gasteiger charge is 2.17. The van der Waals surface area contributed by atoms with Crippen LogP contribution in [0, 0.1) is 0 Å². The number of nitrogens with one attached hydrogen (secondary N) is 1. The van der Waals surface area contributed by atoms with E-state index in [9.17, 15) is 4.79 Å². The van der Waals surface area contributed by atoms with Crippen molar-refractivity contribution in [2.75, 3.05) is 5.32 Å². The molecule has 1 N–H and O–H groups in total. The Labute approximate surface area is 134 Å². The number of thiazole rings is 1. The van der Waals surface area contributed by atoms with Gasteiger partial charge in [0.2, 0.25) is 0 Å². The summed E-state index contributed by atoms with van der Waals surface area (Å²) < 4.78 is 3.11. The van der Waals surface area contributed by atoms with Crippen molar-refractivity contribution in [3.8, 4) is 0 Å². The normalized spacial score (nSPS) is 11.2. The topological polar surface area (TPSA) is 46.9 Å². The Morgan fingerprint density at radius 2 is 2.24 bits per heavy atom. The van der Waals surface area contributed by atoms with Crippen LogP contribution in [0.4, 0.5) is 5.13 Å². The molecule has 0 fully saturated rings. The van der Waals surface area contributed by atoms with Crippen LogP contribution in [-0.2, 0) is 0 Å². The average Bonchev–Trinajstić information content (AvgIpc) is 3.05. The maximum atomic E-state index is 12.5. The summed E-state index contributed by atoms with van der Waals surface area (Å²) in [5, 5.41) is 6.24. The van der Waals surface area contributed by atoms with E-state index >= 15 is 0 Å². The fourth-order valence-corrected chi connectivity index (χ4v) is 3.16. The van der Waals surface area contributed by atoms with Crippen molar-refractivity contribution in [1.29, 1.82) is 0 Å². The van der Waals surface area contributed by atoms with Crippen LogP contribution >= 0.6 is 27.3 Å². The first-order valence-corrected chi connectivity index (χ1v) is 8.24. The van der Waals surface area contributed by atoms with Gasteiger partial charge in [0.05, 0.1) is 11.1 Å². The number of benzene rings is 1. The van der Waals surface area contributed by atoms with E-state index in [4.69, 9.17) is 0 Å². The van der Waals surface area contributed by atoms with Gasteiger partial charge in [0.1, 0.15) is 0 Å². The van der Waals surface area contributed by atoms with E-state index in [2.05, 4.69) is 44.6 Å². The Morgan fingerprint density at radius 3 is 2.90 bits per heavy atom. The molecule has 21 heavy (non-hydrogen) atoms. The fraction of sp³-hybridized carbons (Fsp3) is 0.200. The van der Waals surface area contributed by atoms with Crippen molar-refractivity contribution in [2.45, 2.75) is 19.9 Å². The van der Waals surface area contributed by atoms with Crippen molar-refractivity contribution >= 4 is 49.2 Å². The highest BCUT2D eigenvalue weighted by atomic mass is 79.9. The second-order valence-corrected chi connectivity index (χ2v) is 6.81. The molecule has 2 aromatic heterocycles. The number of fused-ring (bicyclic) bond motifs is 1. The molecule has 0 unspecified atom stereocenters. The maximum Gasteiger partial charge on any atom is 0.259 e. The van der Waals surface area contributed by atoms with E-state index in [-0.39, 0.29) is 11.9 Å². The molecule has 0 aliphatic carbocycles. The molecule has 0 aliphatic rings. The first-order valence-electron chi connectivity index (χ1n) is 6.57. The van der Waals surface area contributed by atoms with E-state index in [0.29, 0.717) is 10.7 Å². The number of amides is 1. The largest absolute Gasteiger partial charge is 0.344 e. The van der Waals surface area contributed by atoms with Gasteiger partial charge in [0.15, 0.2) is 5.13 Å². The first kappa shape index (κ1) is 14.3. The van der Waals surface area contributed by atoms with Gasteiger partial charge in [-0.2, -0.15) is 0 Å². The summed E-state index contributed by atoms with van der Waals surface area (Å²) in [5.41, 5.74) is 1.71. The molecule has 108 valence electrons. The van der Waals surface area contributed by atoms with Crippen LogP contribution in [-0.4, -0.2) is 15.5 Å². The van der Waals surface area contributed by atoms with Crippen LogP contribution in [0.15, 0.2) is 40.4 Å². The molecule has 4 nitrogen and oxygen atoms in total. The molecule has 0 saturated heterocycles. The molecule has 1 aromatic carbocycles. The maximum absolute atomic E-state index is 12.5. The lowest BCUT2D eigenvalue weighted by Gasteiger charge is -2.08. The van der Waals surface area contributed by atoms with Gasteiger partial charge < -0.3 is 4.57 Å². The number of aromatic nitrogens is 2. The second-order valence-electron chi connectivity index (χ2n) is 5.00. The predicted molar refractivity (Wildman–Crippen MR) is 90.1 cm³/mol. The number of carbonyl (C=O) groups excluding carboxylic acids is 1. The van der Waals surface area contributed by atoms with Gasteiger partial charge in [-0.05, 0) is 26.0 Å². The smallest absolute Gasteiger partial charge is 0.259 e. The zero-order valence-corrected chi connectivity index (χ0v) is 14.0. The van der Waals surface area contributed by atoms with Crippen LogP contribution in [0.3, 0.4) is 0 Å². The summed E-state index contributed by atoms with van der Waals surface area (Å²) >= 11 is 4.90. The number of rotatable bonds is 3. The minimum Gasteiger partial charge on any atom is -0.344 e. The van der Waals surface area contributed by atoms with Gasteiger partial charge >= 0.3 is 0 Å². The lowest BCUT2D eigenvalue weighted by atomic mass is 10.1. The van der Waals surface area contributed by atoms with Crippen molar-refractivity contribution in [3.05, 3.63) is 46.0 Å². The summed E-state index contributed by atoms with van der Waals surface area (Å²) in [6.45, 7) is 4.20. The number of hydrogen-bond acceptors (Lipinski definition) is 3. The van der Waals surface area contributed by atoms with Gasteiger partial charge in [-0.1, -0.05) is 22.0 Å². The number of carbonyl (C=O) groups is 1. The van der Waals surface area contributed by atoms with Crippen LogP contribution in [0.1, 0.15) is 30.2 Å². The Kier molecular flexibility index (Phi) is 3.82. The van der Waals surface area contributed by atoms with Gasteiger partial charge in [-0.25, -0.2) is 4.98 Å². The van der Waals surface area contributed by atoms with E-state index < -0.39 is 0 Å². The molecular weight excluding hydrogens is 350 g/mol. The third-order valence-corrected chi connectivity index (χ3v) is 4.43. The molecule has 0 bridgehead atoms. The third kappa shape index (κ3) is 2.73. The number of halogens is 1. The highest BCUT2D eigenvalue weighted by Crippen LogP contribution is 2.28. The summed E-state index contributed by atoms with van der Waals surface area (Å²) in [7, 11) is 0. The molecule has 1 amide bonds. The molecule has 6 heteroatoms. The van der Waals surface area contributed by atoms with Crippen molar-refractivity contribution in [3.63, 3.8) is 0 Å². The lowest BCUT2D eigenvalue weighted by molar-refractivity contribution is 0.102. The summed E-state index contributed by atoms with van der Waals surface area (Å²) in [4.78, 5) is 16.6. The molecule has 0 radical (unpaired) electrons. The van der Waals surface area contributed by atoms with Crippen LogP contribution in [0.2, 0.25) is 0 Å². The van der Waals surface area contributed by atoms with E-state index in [1.54, 1.807) is 6.20 Å². The van der Waals surface area contributed by atoms with E-state index in [1.165, 1.54) is 11.3 Å². The SMILES string of the molecule is CC(C)n1cc(C(=O)Nc2nccs2)c2ccc(Br)cc21. The molecule has 0 spiro atoms. The molecule has 0 atom stereocenters. The van der Waals surface area contributed by atoms with Gasteiger partial charge in [0, 0.05) is 33.7 Å². The van der Waals surface area contributed by atoms with Gasteiger partial charge in [0.25, 0.3) is 5.91 Å². The highest BCUT2D eigenvalue weighted by molar-refractivity contribution is 9.10. The molecule has 3 rings (SSSR count). The molecule has 0 aliphatic heterocycles. The van der Waals surface area contributed by atoms with Crippen molar-refractivity contribution in [1.82, 2.24) is 9.55 Å². The fourth-order valence-electron chi connectivity index (χ4n) is 2.28. The third-order valence-electron chi connectivity index (χ3n) is 3.25. The quantitative estimate of drug-likeness (QED) is 0.733. The number of nitrogens with zero attached hydrogens (tertiary/aromatic N) is 2. The van der Waals surface area contributed by atoms with Gasteiger partial charge in [-0.15, -0.1) is 11.3 Å². The van der Waals surface area contributed by atoms with Crippen molar-refractivity contribution < 1.29 is 4.79 Å². The summed E-state index contributed by atoms with van der Waals surface area (Å²) in [6, 6.07) is 6.24. The zero-order chi connectivity index (χ0) is 15.0. The average molecular weight is 364 g/mol. The Balaban J connectivity index is 2.08. The zero-order valence-electron chi connectivity index (χ0n) is 11.6. The number of hydrogen-bond donors (Lipinski definition) is 1. The van der Waals surface area contributed by atoms with Crippen LogP contribution < -0.4 is 5.32 Å². The van der Waals surface area contributed by atoms with Crippen molar-refractivity contribution in [2.24, 2.45) is 0 Å². The minimum atomic E-state index is -0.128. The predicted octanol–water partition coefficient (Wildman–Crippen LogP) is 4.69. The summed E-state index contributed by atoms with van der Waals surface area (Å²) in [6.07, 6.45) is 3.58. The first-order chi connectivity index (χ1) is 10.1. The monoisotopic (exact) mass is 363 g/mol. The second kappa shape index (κ2) is 5.61. The summed E-state index contributed by atoms with van der Waals surface area (Å²) in [5.74, 6) is -0.128. The standard InChI is InChI=1S/C15H14BrN3OS/c1-9(2)19-8-12(11-4-3-10(16)7-13(11)19)14(20)18-15-17-5-6-21-15/h3-9H,1-2H3,(H,17,18,20). The molecule has 3 aromatic rings. The van der Waals surface area contributed by atoms with Crippen LogP contribution in [0.5, 0.6) is 0 Å².